The highest BCUT2D eigenvalue weighted by Gasteiger charge is 2.14. The van der Waals surface area contributed by atoms with Crippen LogP contribution in [0.25, 0.3) is 22.5 Å². The van der Waals surface area contributed by atoms with Gasteiger partial charge in [-0.05, 0) is 36.4 Å². The molecule has 1 aromatic carbocycles. The molecule has 0 unspecified atom stereocenters. The molecule has 0 aliphatic carbocycles. The monoisotopic (exact) mass is 488 g/mol. The largest absolute Gasteiger partial charge is 0.293 e. The van der Waals surface area contributed by atoms with E-state index in [1.165, 1.54) is 23.7 Å². The van der Waals surface area contributed by atoms with Gasteiger partial charge in [-0.2, -0.15) is 0 Å². The second-order valence-corrected chi connectivity index (χ2v) is 9.13. The van der Waals surface area contributed by atoms with Gasteiger partial charge in [0.05, 0.1) is 26.8 Å². The molecule has 0 radical (unpaired) electrons. The fourth-order valence-corrected chi connectivity index (χ4v) is 4.55. The van der Waals surface area contributed by atoms with Crippen molar-refractivity contribution in [3.63, 3.8) is 0 Å². The number of carbonyl (C=O) groups excluding carboxylic acids is 1. The van der Waals surface area contributed by atoms with Crippen LogP contribution < -0.4 is 5.56 Å². The van der Waals surface area contributed by atoms with Gasteiger partial charge < -0.3 is 0 Å². The zero-order valence-corrected chi connectivity index (χ0v) is 19.3. The van der Waals surface area contributed by atoms with E-state index in [4.69, 9.17) is 11.6 Å². The number of hydrogen-bond acceptors (Lipinski definition) is 7. The van der Waals surface area contributed by atoms with Crippen LogP contribution in [-0.4, -0.2) is 35.3 Å². The Bertz CT molecular complexity index is 1530. The van der Waals surface area contributed by atoms with Gasteiger partial charge in [-0.15, -0.1) is 16.4 Å². The number of hydrogen-bond donors (Lipinski definition) is 0. The van der Waals surface area contributed by atoms with Gasteiger partial charge >= 0.3 is 0 Å². The predicted octanol–water partition coefficient (Wildman–Crippen LogP) is 4.41. The highest BCUT2D eigenvalue weighted by molar-refractivity contribution is 7.18. The minimum absolute atomic E-state index is 0.0197. The maximum atomic E-state index is 12.4. The molecule has 0 spiro atoms. The zero-order valence-electron chi connectivity index (χ0n) is 17.7. The summed E-state index contributed by atoms with van der Waals surface area (Å²) in [5, 5.41) is 8.52. The minimum atomic E-state index is -0.134. The molecule has 0 N–H and O–H groups in total. The molecule has 0 saturated carbocycles. The van der Waals surface area contributed by atoms with Crippen LogP contribution in [0.3, 0.4) is 0 Å². The molecule has 5 aromatic rings. The average molecular weight is 489 g/mol. The average Bonchev–Trinajstić information content (AvgIpc) is 3.52. The van der Waals surface area contributed by atoms with Gasteiger partial charge in [0.25, 0.3) is 5.56 Å². The molecule has 0 atom stereocenters. The van der Waals surface area contributed by atoms with E-state index in [2.05, 4.69) is 20.3 Å². The molecule has 34 heavy (non-hydrogen) atoms. The lowest BCUT2D eigenvalue weighted by atomic mass is 10.1. The first-order valence-corrected chi connectivity index (χ1v) is 11.6. The van der Waals surface area contributed by atoms with Crippen LogP contribution in [0.5, 0.6) is 0 Å². The van der Waals surface area contributed by atoms with Crippen molar-refractivity contribution in [2.24, 2.45) is 0 Å². The summed E-state index contributed by atoms with van der Waals surface area (Å²) in [4.78, 5) is 33.6. The Morgan fingerprint density at radius 2 is 1.91 bits per heavy atom. The summed E-state index contributed by atoms with van der Waals surface area (Å²) in [6, 6.07) is 14.1. The van der Waals surface area contributed by atoms with Gasteiger partial charge in [-0.1, -0.05) is 22.9 Å². The number of carbonyl (C=O) groups is 1. The molecule has 8 nitrogen and oxygen atoms in total. The number of rotatable bonds is 7. The smallest absolute Gasteiger partial charge is 0.255 e. The van der Waals surface area contributed by atoms with Crippen molar-refractivity contribution in [3.05, 3.63) is 105 Å². The van der Waals surface area contributed by atoms with Crippen LogP contribution in [-0.2, 0) is 6.42 Å². The van der Waals surface area contributed by atoms with E-state index in [0.29, 0.717) is 33.4 Å². The van der Waals surface area contributed by atoms with E-state index in [1.807, 2.05) is 18.2 Å². The van der Waals surface area contributed by atoms with Crippen molar-refractivity contribution in [2.75, 3.05) is 0 Å². The third-order valence-corrected chi connectivity index (χ3v) is 6.47. The van der Waals surface area contributed by atoms with Gasteiger partial charge in [0, 0.05) is 54.3 Å². The number of thiophene rings is 1. The maximum absolute atomic E-state index is 12.4. The molecular weight excluding hydrogens is 472 g/mol. The summed E-state index contributed by atoms with van der Waals surface area (Å²) >= 11 is 7.20. The number of aryl methyl sites for hydroxylation is 1. The fraction of sp³-hybridized carbons (Fsp3) is 0.0833. The Labute approximate surface area is 203 Å². The number of pyridine rings is 1. The van der Waals surface area contributed by atoms with E-state index in [-0.39, 0.29) is 11.3 Å². The van der Waals surface area contributed by atoms with Gasteiger partial charge in [0.1, 0.15) is 6.33 Å². The highest BCUT2D eigenvalue weighted by Crippen LogP contribution is 2.28. The number of ketones is 1. The summed E-state index contributed by atoms with van der Waals surface area (Å²) in [5.41, 5.74) is 3.56. The van der Waals surface area contributed by atoms with Crippen molar-refractivity contribution < 1.29 is 4.79 Å². The van der Waals surface area contributed by atoms with Crippen LogP contribution >= 0.6 is 22.9 Å². The van der Waals surface area contributed by atoms with Crippen molar-refractivity contribution in [1.82, 2.24) is 29.5 Å². The number of aromatic nitrogens is 6. The first-order chi connectivity index (χ1) is 16.6. The van der Waals surface area contributed by atoms with Gasteiger partial charge in [0.2, 0.25) is 0 Å². The van der Waals surface area contributed by atoms with Crippen LogP contribution in [0, 0.1) is 0 Å². The molecule has 168 valence electrons. The summed E-state index contributed by atoms with van der Waals surface area (Å²) in [7, 11) is 0. The molecular formula is C24H17ClN6O2S. The molecule has 0 aliphatic rings. The van der Waals surface area contributed by atoms with E-state index in [1.54, 1.807) is 58.3 Å². The topological polar surface area (TPSA) is 95.6 Å². The quantitative estimate of drug-likeness (QED) is 0.315. The normalized spacial score (nSPS) is 11.0. The second-order valence-electron chi connectivity index (χ2n) is 7.42. The third-order valence-electron chi connectivity index (χ3n) is 5.20. The lowest BCUT2D eigenvalue weighted by molar-refractivity contribution is 0.0986. The van der Waals surface area contributed by atoms with Crippen LogP contribution in [0.2, 0.25) is 4.34 Å². The molecule has 10 heteroatoms. The van der Waals surface area contributed by atoms with Gasteiger partial charge in [0.15, 0.2) is 5.78 Å². The molecule has 0 bridgehead atoms. The number of nitrogens with zero attached hydrogens (tertiary/aromatic N) is 6. The second kappa shape index (κ2) is 9.50. The highest BCUT2D eigenvalue weighted by atomic mass is 35.5. The standard InChI is InChI=1S/C24H17ClN6O2S/c25-23-9-8-22(34-23)21(32)7-4-17-14-31(29-28-17)20-6-5-18(30-10-2-1-3-24(30)33)11-19(20)16-12-26-15-27-13-16/h1-3,5-6,8-15H,4,7H2. The molecule has 4 aromatic heterocycles. The predicted molar refractivity (Wildman–Crippen MR) is 130 cm³/mol. The summed E-state index contributed by atoms with van der Waals surface area (Å²) in [6.07, 6.45) is 9.14. The Hall–Kier alpha value is -3.95. The third kappa shape index (κ3) is 4.57. The summed E-state index contributed by atoms with van der Waals surface area (Å²) < 4.78 is 3.81. The lowest BCUT2D eigenvalue weighted by Crippen LogP contribution is -2.15. The van der Waals surface area contributed by atoms with E-state index in [9.17, 15) is 9.59 Å². The number of Topliss-reactive ketones (excluding diaryl/α,β-unsaturated/α-hetero) is 1. The Kier molecular flexibility index (Phi) is 6.11. The first-order valence-electron chi connectivity index (χ1n) is 10.4. The van der Waals surface area contributed by atoms with Gasteiger partial charge in [-0.25, -0.2) is 14.6 Å². The molecule has 5 rings (SSSR count). The van der Waals surface area contributed by atoms with Crippen LogP contribution in [0.15, 0.2) is 84.4 Å². The molecule has 4 heterocycles. The van der Waals surface area contributed by atoms with E-state index < -0.39 is 0 Å². The molecule has 0 saturated heterocycles. The summed E-state index contributed by atoms with van der Waals surface area (Å²) in [5.74, 6) is 0.0197. The number of benzene rings is 1. The van der Waals surface area contributed by atoms with Crippen molar-refractivity contribution in [3.8, 4) is 22.5 Å². The SMILES string of the molecule is O=C(CCc1cn(-c2ccc(-n3ccccc3=O)cc2-c2cncnc2)nn1)c1ccc(Cl)s1. The van der Waals surface area contributed by atoms with Gasteiger partial charge in [-0.3, -0.25) is 14.2 Å². The lowest BCUT2D eigenvalue weighted by Gasteiger charge is -2.12. The fourth-order valence-electron chi connectivity index (χ4n) is 3.54. The Morgan fingerprint density at radius 1 is 1.06 bits per heavy atom. The Balaban J connectivity index is 1.46. The Morgan fingerprint density at radius 3 is 2.68 bits per heavy atom. The van der Waals surface area contributed by atoms with Crippen LogP contribution in [0.1, 0.15) is 21.8 Å². The van der Waals surface area contributed by atoms with E-state index in [0.717, 1.165) is 16.8 Å². The van der Waals surface area contributed by atoms with Crippen molar-refractivity contribution >= 4 is 28.7 Å². The number of halogens is 1. The van der Waals surface area contributed by atoms with E-state index >= 15 is 0 Å². The molecule has 0 amide bonds. The summed E-state index contributed by atoms with van der Waals surface area (Å²) in [6.45, 7) is 0. The van der Waals surface area contributed by atoms with Crippen molar-refractivity contribution in [1.29, 1.82) is 0 Å². The zero-order chi connectivity index (χ0) is 23.5. The van der Waals surface area contributed by atoms with Crippen LogP contribution in [0.4, 0.5) is 0 Å². The molecule has 0 fully saturated rings. The van der Waals surface area contributed by atoms with Crippen molar-refractivity contribution in [2.45, 2.75) is 12.8 Å². The minimum Gasteiger partial charge on any atom is -0.293 e. The maximum Gasteiger partial charge on any atom is 0.255 e. The molecule has 0 aliphatic heterocycles. The first kappa shape index (κ1) is 21.9.